The molecule has 1 atom stereocenters. The van der Waals surface area contributed by atoms with Gasteiger partial charge in [0.2, 0.25) is 0 Å². The van der Waals surface area contributed by atoms with Gasteiger partial charge in [-0.2, -0.15) is 5.26 Å². The van der Waals surface area contributed by atoms with E-state index in [1.54, 1.807) is 18.4 Å². The van der Waals surface area contributed by atoms with Gasteiger partial charge in [0.25, 0.3) is 0 Å². The zero-order valence-corrected chi connectivity index (χ0v) is 29.3. The van der Waals surface area contributed by atoms with Gasteiger partial charge in [-0.05, 0) is 48.9 Å². The van der Waals surface area contributed by atoms with Crippen LogP contribution in [0.1, 0.15) is 36.3 Å². The molecule has 7 rings (SSSR count). The average Bonchev–Trinajstić information content (AvgIpc) is 3.61. The van der Waals surface area contributed by atoms with Gasteiger partial charge in [0.15, 0.2) is 10.7 Å². The summed E-state index contributed by atoms with van der Waals surface area (Å²) in [5.41, 5.74) is 5.20. The van der Waals surface area contributed by atoms with E-state index < -0.39 is 5.60 Å². The van der Waals surface area contributed by atoms with Crippen LogP contribution in [0.2, 0.25) is 0 Å². The maximum atomic E-state index is 9.24. The molecule has 0 radical (unpaired) electrons. The second-order valence-corrected chi connectivity index (χ2v) is 13.2. The van der Waals surface area contributed by atoms with Crippen molar-refractivity contribution in [2.75, 3.05) is 62.1 Å². The monoisotopic (exact) mass is 667 g/mol. The van der Waals surface area contributed by atoms with E-state index in [2.05, 4.69) is 133 Å². The molecule has 1 aliphatic rings. The second kappa shape index (κ2) is 13.8. The fourth-order valence-electron chi connectivity index (χ4n) is 7.12. The lowest BCUT2D eigenvalue weighted by molar-refractivity contribution is 0.159. The number of para-hydroxylation sites is 1. The van der Waals surface area contributed by atoms with Crippen LogP contribution in [-0.2, 0) is 10.3 Å². The van der Waals surface area contributed by atoms with Gasteiger partial charge in [-0.25, -0.2) is 4.98 Å². The Labute approximate surface area is 292 Å². The molecule has 1 N–H and O–H groups in total. The Morgan fingerprint density at radius 2 is 1.51 bits per heavy atom. The van der Waals surface area contributed by atoms with E-state index >= 15 is 0 Å². The predicted molar refractivity (Wildman–Crippen MR) is 203 cm³/mol. The van der Waals surface area contributed by atoms with Crippen LogP contribution in [0.25, 0.3) is 32.8 Å². The molecule has 0 spiro atoms. The summed E-state index contributed by atoms with van der Waals surface area (Å²) in [6.07, 6.45) is 0.425. The first-order valence-electron chi connectivity index (χ1n) is 17.0. The lowest BCUT2D eigenvalue weighted by atomic mass is 9.77. The van der Waals surface area contributed by atoms with Gasteiger partial charge >= 0.3 is 0 Å². The third-order valence-corrected chi connectivity index (χ3v) is 10.8. The zero-order valence-electron chi connectivity index (χ0n) is 28.5. The number of benzene rings is 5. The third kappa shape index (κ3) is 5.53. The molecule has 7 nitrogen and oxygen atoms in total. The molecule has 248 valence electrons. The number of nitrogens with one attached hydrogen (secondary N) is 1. The summed E-state index contributed by atoms with van der Waals surface area (Å²) in [6, 6.07) is 36.6. The highest BCUT2D eigenvalue weighted by atomic mass is 32.1. The first-order valence-corrected chi connectivity index (χ1v) is 17.8. The molecule has 8 heteroatoms. The predicted octanol–water partition coefficient (Wildman–Crippen LogP) is 9.06. The smallest absolute Gasteiger partial charge is 0.197 e. The lowest BCUT2D eigenvalue weighted by Gasteiger charge is -2.40. The van der Waals surface area contributed by atoms with E-state index in [-0.39, 0.29) is 0 Å². The van der Waals surface area contributed by atoms with Crippen molar-refractivity contribution in [2.24, 2.45) is 0 Å². The number of thiazole rings is 1. The highest BCUT2D eigenvalue weighted by Gasteiger charge is 2.49. The first kappa shape index (κ1) is 32.4. The summed E-state index contributed by atoms with van der Waals surface area (Å²) in [5.74, 6) is 0.795. The topological polar surface area (TPSA) is 73.7 Å². The molecule has 0 amide bonds. The maximum Gasteiger partial charge on any atom is 0.197 e. The van der Waals surface area contributed by atoms with Crippen molar-refractivity contribution in [1.29, 1.82) is 5.26 Å². The lowest BCUT2D eigenvalue weighted by Crippen LogP contribution is -2.38. The van der Waals surface area contributed by atoms with E-state index in [1.807, 2.05) is 6.07 Å². The molecule has 0 fully saturated rings. The van der Waals surface area contributed by atoms with Crippen LogP contribution in [0, 0.1) is 11.3 Å². The molecule has 5 aromatic carbocycles. The van der Waals surface area contributed by atoms with Crippen LogP contribution in [0.5, 0.6) is 5.75 Å². The summed E-state index contributed by atoms with van der Waals surface area (Å²) >= 11 is 1.68. The van der Waals surface area contributed by atoms with Gasteiger partial charge in [0, 0.05) is 79.2 Å². The van der Waals surface area contributed by atoms with Crippen LogP contribution in [0.4, 0.5) is 16.5 Å². The number of fused-ring (bicyclic) bond motifs is 5. The number of methoxy groups -OCH3 is 1. The Balaban J connectivity index is 1.59. The van der Waals surface area contributed by atoms with Crippen molar-refractivity contribution in [3.05, 3.63) is 113 Å². The molecule has 0 saturated heterocycles. The highest BCUT2D eigenvalue weighted by molar-refractivity contribution is 7.16. The Morgan fingerprint density at radius 3 is 2.22 bits per heavy atom. The van der Waals surface area contributed by atoms with Gasteiger partial charge in [-0.3, -0.25) is 0 Å². The Hall–Kier alpha value is -5.10. The Morgan fingerprint density at radius 1 is 0.857 bits per heavy atom. The van der Waals surface area contributed by atoms with E-state index in [4.69, 9.17) is 14.5 Å². The number of nitrogens with zero attached hydrogens (tertiary/aromatic N) is 4. The molecule has 49 heavy (non-hydrogen) atoms. The number of ether oxygens (including phenoxy) is 2. The molecule has 0 aliphatic carbocycles. The van der Waals surface area contributed by atoms with E-state index in [9.17, 15) is 5.26 Å². The molecule has 6 aromatic rings. The number of likely N-dealkylation sites (N-methyl/N-ethyl adjacent to an activating group) is 1. The van der Waals surface area contributed by atoms with Gasteiger partial charge in [-0.15, -0.1) is 0 Å². The molecule has 1 aliphatic heterocycles. The fraction of sp³-hybridized carbons (Fsp3) is 0.268. The molecule has 1 aromatic heterocycles. The second-order valence-electron chi connectivity index (χ2n) is 12.3. The minimum Gasteiger partial charge on any atom is -0.471 e. The third-order valence-electron chi connectivity index (χ3n) is 9.54. The molecular weight excluding hydrogens is 627 g/mol. The average molecular weight is 668 g/mol. The molecular formula is C41H41N5O2S. The van der Waals surface area contributed by atoms with E-state index in [0.29, 0.717) is 26.1 Å². The number of hydrogen-bond acceptors (Lipinski definition) is 8. The number of rotatable bonds is 12. The van der Waals surface area contributed by atoms with Crippen LogP contribution in [0.3, 0.4) is 0 Å². The van der Waals surface area contributed by atoms with Gasteiger partial charge < -0.3 is 24.6 Å². The van der Waals surface area contributed by atoms with Gasteiger partial charge in [-0.1, -0.05) is 84.1 Å². The van der Waals surface area contributed by atoms with E-state index in [1.165, 1.54) is 11.1 Å². The van der Waals surface area contributed by atoms with Crippen molar-refractivity contribution in [1.82, 2.24) is 4.98 Å². The van der Waals surface area contributed by atoms with Gasteiger partial charge in [0.05, 0.1) is 29.7 Å². The van der Waals surface area contributed by atoms with Gasteiger partial charge in [0.1, 0.15) is 5.75 Å². The number of nitriles is 1. The largest absolute Gasteiger partial charge is 0.471 e. The molecule has 0 bridgehead atoms. The van der Waals surface area contributed by atoms with Crippen LogP contribution >= 0.6 is 11.3 Å². The van der Waals surface area contributed by atoms with E-state index in [0.717, 1.165) is 73.1 Å². The zero-order chi connectivity index (χ0) is 34.0. The van der Waals surface area contributed by atoms with Crippen LogP contribution < -0.4 is 19.9 Å². The molecule has 2 heterocycles. The maximum absolute atomic E-state index is 9.24. The molecule has 0 saturated carbocycles. The Kier molecular flexibility index (Phi) is 9.13. The summed E-state index contributed by atoms with van der Waals surface area (Å²) in [4.78, 5) is 11.0. The number of aromatic nitrogens is 1. The van der Waals surface area contributed by atoms with Crippen molar-refractivity contribution >= 4 is 49.4 Å². The summed E-state index contributed by atoms with van der Waals surface area (Å²) in [5, 5.41) is 18.1. The highest BCUT2D eigenvalue weighted by Crippen LogP contribution is 2.57. The quantitative estimate of drug-likeness (QED) is 0.131. The first-order chi connectivity index (χ1) is 24.0. The van der Waals surface area contributed by atoms with Crippen molar-refractivity contribution < 1.29 is 9.47 Å². The summed E-state index contributed by atoms with van der Waals surface area (Å²) in [7, 11) is 3.80. The fourth-order valence-corrected chi connectivity index (χ4v) is 8.35. The summed E-state index contributed by atoms with van der Waals surface area (Å²) in [6.45, 7) is 8.12. The Bertz CT molecular complexity index is 2170. The normalized spacial score (nSPS) is 14.9. The minimum atomic E-state index is -1.03. The summed E-state index contributed by atoms with van der Waals surface area (Å²) < 4.78 is 13.0. The minimum absolute atomic E-state index is 0.425. The van der Waals surface area contributed by atoms with Crippen molar-refractivity contribution in [3.63, 3.8) is 0 Å². The van der Waals surface area contributed by atoms with Crippen LogP contribution in [0.15, 0.2) is 97.1 Å². The molecule has 1 unspecified atom stereocenters. The van der Waals surface area contributed by atoms with Crippen molar-refractivity contribution in [2.45, 2.75) is 25.9 Å². The standard InChI is InChI=1S/C41H41N5O2S/c1-5-46(6-2)36-23-21-34(29-15-8-10-17-31(29)36)41(33-20-22-35(43-25-13-24-42)30-16-9-7-14-28(30)33)39-38(32-18-11-12-19-37(32)48-41)44-40(49-39)45(3)26-27-47-4/h7-12,14-23,43H,5-6,13,25-27H2,1-4H3. The number of anilines is 3. The van der Waals surface area contributed by atoms with Crippen LogP contribution in [-0.4, -0.2) is 51.9 Å². The number of hydrogen-bond donors (Lipinski definition) is 1. The van der Waals surface area contributed by atoms with Crippen molar-refractivity contribution in [3.8, 4) is 23.1 Å². The SMILES string of the molecule is CCN(CC)c1ccc(C2(c3ccc(NCCC#N)c4ccccc34)Oc3ccccc3-c3nc(N(C)CCOC)sc32)c2ccccc12.